The van der Waals surface area contributed by atoms with Gasteiger partial charge in [-0.15, -0.1) is 0 Å². The van der Waals surface area contributed by atoms with Gasteiger partial charge in [-0.25, -0.2) is 27.8 Å². The van der Waals surface area contributed by atoms with Crippen LogP contribution in [0, 0.1) is 12.7 Å². The highest BCUT2D eigenvalue weighted by Crippen LogP contribution is 2.30. The molecular formula is C28H30ClFN6O2S. The van der Waals surface area contributed by atoms with E-state index >= 15 is 4.39 Å². The average molecular weight is 569 g/mol. The molecule has 0 saturated heterocycles. The van der Waals surface area contributed by atoms with E-state index in [2.05, 4.69) is 39.0 Å². The maximum atomic E-state index is 15.0. The van der Waals surface area contributed by atoms with Crippen LogP contribution in [0.3, 0.4) is 0 Å². The molecule has 2 aromatic carbocycles. The molecule has 4 aromatic rings. The molecule has 11 heteroatoms. The molecule has 39 heavy (non-hydrogen) atoms. The normalized spacial score (nSPS) is 17.9. The lowest BCUT2D eigenvalue weighted by Crippen LogP contribution is -2.36. The van der Waals surface area contributed by atoms with E-state index in [-0.39, 0.29) is 15.6 Å². The molecule has 0 radical (unpaired) electrons. The molecule has 204 valence electrons. The van der Waals surface area contributed by atoms with Gasteiger partial charge in [-0.1, -0.05) is 29.8 Å². The molecule has 0 aliphatic heterocycles. The van der Waals surface area contributed by atoms with E-state index in [4.69, 9.17) is 16.6 Å². The number of sulfonamides is 1. The fraction of sp³-hybridized carbons (Fsp3) is 0.321. The summed E-state index contributed by atoms with van der Waals surface area (Å²) in [4.78, 5) is 16.0. The molecule has 0 amide bonds. The van der Waals surface area contributed by atoms with Crippen LogP contribution in [-0.2, 0) is 10.0 Å². The number of aromatic nitrogens is 3. The number of rotatable bonds is 7. The topological polar surface area (TPSA) is 100 Å². The second kappa shape index (κ2) is 11.0. The van der Waals surface area contributed by atoms with E-state index in [1.54, 1.807) is 24.4 Å². The van der Waals surface area contributed by atoms with Crippen molar-refractivity contribution in [3.8, 4) is 11.3 Å². The van der Waals surface area contributed by atoms with E-state index < -0.39 is 15.8 Å². The van der Waals surface area contributed by atoms with E-state index in [9.17, 15) is 8.42 Å². The second-order valence-corrected chi connectivity index (χ2v) is 12.2. The standard InChI is InChI=1S/C28H30ClFN6O2S/c1-17-14-24(18-8-13-23(22(30)15-18)35-39(37,38)26-7-5-4-6-21(26)29)33-25-16-31-28(34-27(17)25)32-19-9-11-20(12-10-19)36(2)3/h4-8,13-16,19-20,35H,9-12H2,1-3H3,(H,31,32,34)/t19-,20-. The van der Waals surface area contributed by atoms with Crippen molar-refractivity contribution in [1.82, 2.24) is 19.9 Å². The lowest BCUT2D eigenvalue weighted by Gasteiger charge is -2.32. The minimum absolute atomic E-state index is 0.0511. The minimum atomic E-state index is -4.06. The molecule has 1 saturated carbocycles. The summed E-state index contributed by atoms with van der Waals surface area (Å²) < 4.78 is 42.7. The third-order valence-electron chi connectivity index (χ3n) is 7.13. The third-order valence-corrected chi connectivity index (χ3v) is 9.00. The number of hydrogen-bond donors (Lipinski definition) is 2. The Bertz CT molecular complexity index is 1620. The zero-order chi connectivity index (χ0) is 27.7. The van der Waals surface area contributed by atoms with Gasteiger partial charge in [-0.2, -0.15) is 0 Å². The van der Waals surface area contributed by atoms with Crippen molar-refractivity contribution in [2.45, 2.75) is 49.6 Å². The monoisotopic (exact) mass is 568 g/mol. The maximum Gasteiger partial charge on any atom is 0.263 e. The summed E-state index contributed by atoms with van der Waals surface area (Å²) in [5.41, 5.74) is 3.04. The van der Waals surface area contributed by atoms with Crippen LogP contribution in [-0.4, -0.2) is 54.4 Å². The van der Waals surface area contributed by atoms with E-state index in [0.717, 1.165) is 36.8 Å². The average Bonchev–Trinajstić information content (AvgIpc) is 2.90. The zero-order valence-corrected chi connectivity index (χ0v) is 23.5. The van der Waals surface area contributed by atoms with Crippen LogP contribution in [0.1, 0.15) is 31.2 Å². The maximum absolute atomic E-state index is 15.0. The van der Waals surface area contributed by atoms with Gasteiger partial charge in [-0.3, -0.25) is 4.72 Å². The predicted molar refractivity (Wildman–Crippen MR) is 153 cm³/mol. The van der Waals surface area contributed by atoms with Crippen molar-refractivity contribution in [2.24, 2.45) is 0 Å². The molecule has 2 N–H and O–H groups in total. The van der Waals surface area contributed by atoms with Crippen molar-refractivity contribution in [2.75, 3.05) is 24.1 Å². The van der Waals surface area contributed by atoms with Gasteiger partial charge in [0.25, 0.3) is 10.0 Å². The van der Waals surface area contributed by atoms with Gasteiger partial charge in [0.1, 0.15) is 16.2 Å². The molecule has 0 unspecified atom stereocenters. The van der Waals surface area contributed by atoms with E-state index in [1.165, 1.54) is 24.3 Å². The van der Waals surface area contributed by atoms with Crippen molar-refractivity contribution in [1.29, 1.82) is 0 Å². The number of anilines is 2. The number of benzene rings is 2. The smallest absolute Gasteiger partial charge is 0.263 e. The Hall–Kier alpha value is -3.34. The third kappa shape index (κ3) is 5.98. The van der Waals surface area contributed by atoms with Crippen molar-refractivity contribution in [3.63, 3.8) is 0 Å². The molecule has 1 aliphatic rings. The molecule has 8 nitrogen and oxygen atoms in total. The van der Waals surface area contributed by atoms with Gasteiger partial charge in [0, 0.05) is 17.6 Å². The lowest BCUT2D eigenvalue weighted by molar-refractivity contribution is 0.221. The fourth-order valence-corrected chi connectivity index (χ4v) is 6.53. The molecule has 1 fully saturated rings. The summed E-state index contributed by atoms with van der Waals surface area (Å²) in [6.07, 6.45) is 6.08. The predicted octanol–water partition coefficient (Wildman–Crippen LogP) is 5.88. The Morgan fingerprint density at radius 1 is 1.03 bits per heavy atom. The molecule has 0 spiro atoms. The zero-order valence-electron chi connectivity index (χ0n) is 21.9. The molecular weight excluding hydrogens is 539 g/mol. The highest BCUT2D eigenvalue weighted by Gasteiger charge is 2.23. The van der Waals surface area contributed by atoms with Crippen molar-refractivity contribution in [3.05, 3.63) is 71.1 Å². The van der Waals surface area contributed by atoms with Crippen LogP contribution in [0.4, 0.5) is 16.0 Å². The molecule has 1 aliphatic carbocycles. The largest absolute Gasteiger partial charge is 0.351 e. The quantitative estimate of drug-likeness (QED) is 0.287. The Morgan fingerprint density at radius 2 is 1.77 bits per heavy atom. The van der Waals surface area contributed by atoms with Crippen LogP contribution < -0.4 is 10.0 Å². The molecule has 0 atom stereocenters. The number of halogens is 2. The number of aryl methyl sites for hydroxylation is 1. The Kier molecular flexibility index (Phi) is 7.70. The van der Waals surface area contributed by atoms with Gasteiger partial charge in [-0.05, 0) is 82.6 Å². The molecule has 5 rings (SSSR count). The van der Waals surface area contributed by atoms with Gasteiger partial charge in [0.2, 0.25) is 5.95 Å². The van der Waals surface area contributed by atoms with Gasteiger partial charge in [0.05, 0.1) is 28.1 Å². The van der Waals surface area contributed by atoms with Crippen LogP contribution >= 0.6 is 11.6 Å². The molecule has 0 bridgehead atoms. The summed E-state index contributed by atoms with van der Waals surface area (Å²) in [5.74, 6) is -0.155. The lowest BCUT2D eigenvalue weighted by atomic mass is 9.91. The fourth-order valence-electron chi connectivity index (χ4n) is 4.94. The molecule has 2 heterocycles. The van der Waals surface area contributed by atoms with Gasteiger partial charge < -0.3 is 10.2 Å². The summed E-state index contributed by atoms with van der Waals surface area (Å²) in [6, 6.07) is 13.0. The highest BCUT2D eigenvalue weighted by atomic mass is 35.5. The Balaban J connectivity index is 1.34. The SMILES string of the molecule is Cc1cc(-c2ccc(NS(=O)(=O)c3ccccc3Cl)c(F)c2)nc2cnc(N[C@H]3CC[C@H](N(C)C)CC3)nc12. The first-order valence-corrected chi connectivity index (χ1v) is 14.6. The molecule has 2 aromatic heterocycles. The first-order chi connectivity index (χ1) is 18.6. The van der Waals surface area contributed by atoms with Crippen LogP contribution in [0.5, 0.6) is 0 Å². The summed E-state index contributed by atoms with van der Waals surface area (Å²) in [6.45, 7) is 1.93. The number of nitrogens with one attached hydrogen (secondary N) is 2. The number of fused-ring (bicyclic) bond motifs is 1. The Morgan fingerprint density at radius 3 is 2.46 bits per heavy atom. The second-order valence-electron chi connectivity index (χ2n) is 10.1. The van der Waals surface area contributed by atoms with Crippen molar-refractivity contribution < 1.29 is 12.8 Å². The first kappa shape index (κ1) is 27.2. The first-order valence-electron chi connectivity index (χ1n) is 12.8. The van der Waals surface area contributed by atoms with Crippen LogP contribution in [0.25, 0.3) is 22.3 Å². The summed E-state index contributed by atoms with van der Waals surface area (Å²) in [5, 5.41) is 3.52. The van der Waals surface area contributed by atoms with Gasteiger partial charge in [0.15, 0.2) is 0 Å². The van der Waals surface area contributed by atoms with E-state index in [0.29, 0.717) is 34.8 Å². The van der Waals surface area contributed by atoms with E-state index in [1.807, 2.05) is 13.0 Å². The summed E-state index contributed by atoms with van der Waals surface area (Å²) in [7, 11) is 0.189. The van der Waals surface area contributed by atoms with Gasteiger partial charge >= 0.3 is 0 Å². The summed E-state index contributed by atoms with van der Waals surface area (Å²) >= 11 is 6.02. The highest BCUT2D eigenvalue weighted by molar-refractivity contribution is 7.92. The number of pyridine rings is 1. The van der Waals surface area contributed by atoms with Crippen LogP contribution in [0.2, 0.25) is 5.02 Å². The number of nitrogens with zero attached hydrogens (tertiary/aromatic N) is 4. The number of hydrogen-bond acceptors (Lipinski definition) is 7. The Labute approximate surface area is 232 Å². The van der Waals surface area contributed by atoms with Crippen LogP contribution in [0.15, 0.2) is 59.6 Å². The van der Waals surface area contributed by atoms with Crippen molar-refractivity contribution >= 4 is 44.3 Å². The minimum Gasteiger partial charge on any atom is -0.351 e.